The molecule has 0 fully saturated rings. The first kappa shape index (κ1) is 11.8. The fourth-order valence-corrected chi connectivity index (χ4v) is 3.49. The molecule has 0 N–H and O–H groups in total. The summed E-state index contributed by atoms with van der Waals surface area (Å²) in [5.74, 6) is 0. The van der Waals surface area contributed by atoms with E-state index in [9.17, 15) is 0 Å². The van der Waals surface area contributed by atoms with E-state index in [2.05, 4.69) is 85.0 Å². The van der Waals surface area contributed by atoms with Crippen molar-refractivity contribution >= 4 is 45.2 Å². The molecule has 0 aliphatic carbocycles. The van der Waals surface area contributed by atoms with Gasteiger partial charge in [-0.15, -0.1) is 0 Å². The second-order valence-electron chi connectivity index (χ2n) is 4.28. The van der Waals surface area contributed by atoms with E-state index in [1.54, 1.807) is 0 Å². The van der Waals surface area contributed by atoms with Crippen molar-refractivity contribution < 1.29 is 0 Å². The fraction of sp³-hybridized carbons (Fsp3) is 0.455. The summed E-state index contributed by atoms with van der Waals surface area (Å²) in [4.78, 5) is 0. The van der Waals surface area contributed by atoms with Gasteiger partial charge in [-0.2, -0.15) is 0 Å². The minimum atomic E-state index is 0.256. The summed E-state index contributed by atoms with van der Waals surface area (Å²) in [5, 5.41) is 0. The fourth-order valence-electron chi connectivity index (χ4n) is 1.24. The first-order valence-corrected chi connectivity index (χ1v) is 6.45. The summed E-state index contributed by atoms with van der Waals surface area (Å²) >= 11 is 4.84. The number of halogens is 2. The third-order valence-corrected chi connectivity index (χ3v) is 4.69. The average Bonchev–Trinajstić information content (AvgIpc) is 1.98. The lowest BCUT2D eigenvalue weighted by molar-refractivity contribution is 0.586. The van der Waals surface area contributed by atoms with Crippen molar-refractivity contribution in [1.29, 1.82) is 0 Å². The van der Waals surface area contributed by atoms with Crippen molar-refractivity contribution in [2.75, 3.05) is 0 Å². The van der Waals surface area contributed by atoms with Crippen molar-refractivity contribution in [3.05, 3.63) is 30.4 Å². The highest BCUT2D eigenvalue weighted by molar-refractivity contribution is 14.1. The van der Waals surface area contributed by atoms with Gasteiger partial charge in [0.2, 0.25) is 0 Å². The van der Waals surface area contributed by atoms with E-state index in [1.165, 1.54) is 18.3 Å². The molecule has 0 heterocycles. The SMILES string of the molecule is Cc1c(I)ccc(C(C)(C)C)c1I. The zero-order chi connectivity index (χ0) is 10.2. The third-order valence-electron chi connectivity index (χ3n) is 2.13. The molecule has 0 atom stereocenters. The molecule has 0 bridgehead atoms. The van der Waals surface area contributed by atoms with Gasteiger partial charge in [0, 0.05) is 7.14 Å². The molecule has 1 rings (SSSR count). The molecule has 0 spiro atoms. The molecule has 2 heteroatoms. The van der Waals surface area contributed by atoms with Crippen molar-refractivity contribution in [3.8, 4) is 0 Å². The van der Waals surface area contributed by atoms with Crippen LogP contribution in [0.4, 0.5) is 0 Å². The topological polar surface area (TPSA) is 0 Å². The normalized spacial score (nSPS) is 11.8. The maximum atomic E-state index is 2.45. The maximum absolute atomic E-state index is 2.45. The molecule has 0 unspecified atom stereocenters. The Balaban J connectivity index is 3.35. The molecular formula is C11H14I2. The Labute approximate surface area is 108 Å². The highest BCUT2D eigenvalue weighted by atomic mass is 127. The molecule has 0 aromatic heterocycles. The van der Waals surface area contributed by atoms with Gasteiger partial charge in [-0.3, -0.25) is 0 Å². The van der Waals surface area contributed by atoms with Gasteiger partial charge in [-0.1, -0.05) is 26.8 Å². The van der Waals surface area contributed by atoms with Crippen LogP contribution >= 0.6 is 45.2 Å². The second kappa shape index (κ2) is 4.04. The molecule has 1 aromatic carbocycles. The maximum Gasteiger partial charge on any atom is 0.0207 e. The van der Waals surface area contributed by atoms with Crippen molar-refractivity contribution in [2.45, 2.75) is 33.1 Å². The van der Waals surface area contributed by atoms with Crippen LogP contribution in [0.15, 0.2) is 12.1 Å². The van der Waals surface area contributed by atoms with Gasteiger partial charge >= 0.3 is 0 Å². The van der Waals surface area contributed by atoms with Gasteiger partial charge in [-0.05, 0) is 74.7 Å². The third kappa shape index (κ3) is 2.58. The van der Waals surface area contributed by atoms with Gasteiger partial charge in [0.1, 0.15) is 0 Å². The van der Waals surface area contributed by atoms with E-state index < -0.39 is 0 Å². The highest BCUT2D eigenvalue weighted by Crippen LogP contribution is 2.30. The van der Waals surface area contributed by atoms with E-state index in [1.807, 2.05) is 0 Å². The average molecular weight is 400 g/mol. The summed E-state index contributed by atoms with van der Waals surface area (Å²) < 4.78 is 2.77. The Morgan fingerprint density at radius 3 is 2.08 bits per heavy atom. The molecule has 0 amide bonds. The Bertz CT molecular complexity index is 322. The summed E-state index contributed by atoms with van der Waals surface area (Å²) in [6.07, 6.45) is 0. The molecule has 0 saturated carbocycles. The Morgan fingerprint density at radius 1 is 1.08 bits per heavy atom. The van der Waals surface area contributed by atoms with Gasteiger partial charge in [-0.25, -0.2) is 0 Å². The molecule has 0 nitrogen and oxygen atoms in total. The summed E-state index contributed by atoms with van der Waals surface area (Å²) in [6, 6.07) is 4.45. The van der Waals surface area contributed by atoms with Crippen LogP contribution in [0.5, 0.6) is 0 Å². The lowest BCUT2D eigenvalue weighted by atomic mass is 9.86. The van der Waals surface area contributed by atoms with E-state index >= 15 is 0 Å². The number of rotatable bonds is 0. The first-order chi connectivity index (χ1) is 5.84. The highest BCUT2D eigenvalue weighted by Gasteiger charge is 2.18. The van der Waals surface area contributed by atoms with Crippen LogP contribution in [0.3, 0.4) is 0 Å². The standard InChI is InChI=1S/C11H14I2/c1-7-9(12)6-5-8(10(7)13)11(2,3)4/h5-6H,1-4H3. The smallest absolute Gasteiger partial charge is 0.0207 e. The van der Waals surface area contributed by atoms with Crippen LogP contribution in [0, 0.1) is 14.1 Å². The number of hydrogen-bond acceptors (Lipinski definition) is 0. The lowest BCUT2D eigenvalue weighted by Gasteiger charge is -2.22. The monoisotopic (exact) mass is 400 g/mol. The predicted octanol–water partition coefficient (Wildman–Crippen LogP) is 4.50. The van der Waals surface area contributed by atoms with Crippen LogP contribution in [-0.4, -0.2) is 0 Å². The molecular weight excluding hydrogens is 386 g/mol. The molecule has 1 aromatic rings. The number of benzene rings is 1. The Hall–Kier alpha value is 0.680. The van der Waals surface area contributed by atoms with Crippen LogP contribution in [0.25, 0.3) is 0 Å². The Morgan fingerprint density at radius 2 is 1.62 bits per heavy atom. The van der Waals surface area contributed by atoms with Gasteiger partial charge in [0.25, 0.3) is 0 Å². The molecule has 0 radical (unpaired) electrons. The quantitative estimate of drug-likeness (QED) is 0.563. The first-order valence-electron chi connectivity index (χ1n) is 4.29. The predicted molar refractivity (Wildman–Crippen MR) is 75.3 cm³/mol. The van der Waals surface area contributed by atoms with Crippen LogP contribution in [-0.2, 0) is 5.41 Å². The van der Waals surface area contributed by atoms with Gasteiger partial charge in [0.05, 0.1) is 0 Å². The lowest BCUT2D eigenvalue weighted by Crippen LogP contribution is -2.14. The molecule has 13 heavy (non-hydrogen) atoms. The van der Waals surface area contributed by atoms with E-state index in [4.69, 9.17) is 0 Å². The van der Waals surface area contributed by atoms with E-state index in [0.717, 1.165) is 0 Å². The minimum Gasteiger partial charge on any atom is -0.0564 e. The van der Waals surface area contributed by atoms with Crippen molar-refractivity contribution in [1.82, 2.24) is 0 Å². The number of hydrogen-bond donors (Lipinski definition) is 0. The second-order valence-corrected chi connectivity index (χ2v) is 6.52. The van der Waals surface area contributed by atoms with E-state index in [0.29, 0.717) is 0 Å². The van der Waals surface area contributed by atoms with Crippen molar-refractivity contribution in [3.63, 3.8) is 0 Å². The zero-order valence-electron chi connectivity index (χ0n) is 8.41. The summed E-state index contributed by atoms with van der Waals surface area (Å²) in [5.41, 5.74) is 3.12. The minimum absolute atomic E-state index is 0.256. The molecule has 0 aliphatic rings. The largest absolute Gasteiger partial charge is 0.0564 e. The van der Waals surface area contributed by atoms with Gasteiger partial charge < -0.3 is 0 Å². The molecule has 0 aliphatic heterocycles. The van der Waals surface area contributed by atoms with Crippen LogP contribution in [0.2, 0.25) is 0 Å². The summed E-state index contributed by atoms with van der Waals surface area (Å²) in [7, 11) is 0. The van der Waals surface area contributed by atoms with Crippen molar-refractivity contribution in [2.24, 2.45) is 0 Å². The Kier molecular flexibility index (Phi) is 3.66. The molecule has 72 valence electrons. The molecule has 0 saturated heterocycles. The van der Waals surface area contributed by atoms with Crippen LogP contribution < -0.4 is 0 Å². The van der Waals surface area contributed by atoms with Crippen LogP contribution in [0.1, 0.15) is 31.9 Å². The summed E-state index contributed by atoms with van der Waals surface area (Å²) in [6.45, 7) is 8.98. The van der Waals surface area contributed by atoms with E-state index in [-0.39, 0.29) is 5.41 Å². The zero-order valence-corrected chi connectivity index (χ0v) is 12.7. The van der Waals surface area contributed by atoms with Gasteiger partial charge in [0.15, 0.2) is 0 Å².